The van der Waals surface area contributed by atoms with Crippen molar-refractivity contribution in [3.63, 3.8) is 0 Å². The minimum Gasteiger partial charge on any atom is -0.344 e. The standard InChI is InChI=1S/C7H13BrN2O3S/c1-10-4-6(2-3-7(10)11)9-14(12,13)5-8/h6,9H,2-5H2,1H3. The van der Waals surface area contributed by atoms with Crippen molar-refractivity contribution in [3.8, 4) is 0 Å². The molecule has 1 saturated heterocycles. The molecule has 1 N–H and O–H groups in total. The summed E-state index contributed by atoms with van der Waals surface area (Å²) in [5.41, 5.74) is 0. The molecule has 0 aromatic heterocycles. The van der Waals surface area contributed by atoms with Gasteiger partial charge in [0, 0.05) is 26.1 Å². The van der Waals surface area contributed by atoms with E-state index in [1.807, 2.05) is 0 Å². The second kappa shape index (κ2) is 4.59. The maximum atomic E-state index is 11.2. The Hall–Kier alpha value is -0.140. The minimum absolute atomic E-state index is 0.0688. The highest BCUT2D eigenvalue weighted by Crippen LogP contribution is 2.10. The van der Waals surface area contributed by atoms with Crippen LogP contribution < -0.4 is 4.72 Å². The van der Waals surface area contributed by atoms with Crippen molar-refractivity contribution in [2.45, 2.75) is 18.9 Å². The average Bonchev–Trinajstić information content (AvgIpc) is 2.11. The number of carbonyl (C=O) groups excluding carboxylic acids is 1. The molecule has 1 amide bonds. The van der Waals surface area contributed by atoms with Crippen molar-refractivity contribution < 1.29 is 13.2 Å². The Labute approximate surface area is 92.0 Å². The largest absolute Gasteiger partial charge is 0.344 e. The van der Waals surface area contributed by atoms with Gasteiger partial charge in [-0.3, -0.25) is 4.79 Å². The molecular formula is C7H13BrN2O3S. The zero-order chi connectivity index (χ0) is 10.8. The molecule has 1 rings (SSSR count). The second-order valence-electron chi connectivity index (χ2n) is 3.35. The van der Waals surface area contributed by atoms with Crippen molar-refractivity contribution in [2.24, 2.45) is 0 Å². The molecule has 5 nitrogen and oxygen atoms in total. The lowest BCUT2D eigenvalue weighted by molar-refractivity contribution is -0.132. The molecule has 0 saturated carbocycles. The number of hydrogen-bond acceptors (Lipinski definition) is 3. The zero-order valence-corrected chi connectivity index (χ0v) is 10.3. The van der Waals surface area contributed by atoms with E-state index in [2.05, 4.69) is 20.7 Å². The molecule has 0 aliphatic carbocycles. The normalized spacial score (nSPS) is 24.0. The van der Waals surface area contributed by atoms with Gasteiger partial charge in [-0.25, -0.2) is 13.1 Å². The topological polar surface area (TPSA) is 66.5 Å². The molecule has 1 atom stereocenters. The van der Waals surface area contributed by atoms with Gasteiger partial charge in [-0.05, 0) is 6.42 Å². The first kappa shape index (κ1) is 11.9. The minimum atomic E-state index is -3.23. The van der Waals surface area contributed by atoms with Crippen molar-refractivity contribution in [2.75, 3.05) is 18.3 Å². The Bertz CT molecular complexity index is 317. The highest BCUT2D eigenvalue weighted by Gasteiger charge is 2.25. The van der Waals surface area contributed by atoms with Gasteiger partial charge in [0.2, 0.25) is 15.9 Å². The summed E-state index contributed by atoms with van der Waals surface area (Å²) >= 11 is 2.89. The molecule has 0 aromatic carbocycles. The van der Waals surface area contributed by atoms with Gasteiger partial charge in [0.15, 0.2) is 0 Å². The fourth-order valence-corrected chi connectivity index (χ4v) is 2.55. The number of piperidine rings is 1. The van der Waals surface area contributed by atoms with Crippen molar-refractivity contribution >= 4 is 31.9 Å². The van der Waals surface area contributed by atoms with Crippen LogP contribution in [0.2, 0.25) is 0 Å². The number of halogens is 1. The summed E-state index contributed by atoms with van der Waals surface area (Å²) in [6, 6.07) is -0.153. The molecule has 1 fully saturated rings. The van der Waals surface area contributed by atoms with Crippen LogP contribution in [0.3, 0.4) is 0 Å². The van der Waals surface area contributed by atoms with Crippen molar-refractivity contribution in [3.05, 3.63) is 0 Å². The Morgan fingerprint density at radius 1 is 1.64 bits per heavy atom. The Balaban J connectivity index is 2.53. The van der Waals surface area contributed by atoms with Gasteiger partial charge in [-0.1, -0.05) is 15.9 Å². The molecule has 1 aliphatic heterocycles. The summed E-state index contributed by atoms with van der Waals surface area (Å²) < 4.78 is 24.8. The molecule has 82 valence electrons. The smallest absolute Gasteiger partial charge is 0.222 e. The highest BCUT2D eigenvalue weighted by atomic mass is 79.9. The van der Waals surface area contributed by atoms with E-state index in [-0.39, 0.29) is 16.6 Å². The van der Waals surface area contributed by atoms with Crippen LogP contribution in [0.1, 0.15) is 12.8 Å². The van der Waals surface area contributed by atoms with E-state index in [4.69, 9.17) is 0 Å². The number of likely N-dealkylation sites (tertiary alicyclic amines) is 1. The number of nitrogens with one attached hydrogen (secondary N) is 1. The number of likely N-dealkylation sites (N-methyl/N-ethyl adjacent to an activating group) is 1. The van der Waals surface area contributed by atoms with Crippen molar-refractivity contribution in [1.82, 2.24) is 9.62 Å². The van der Waals surface area contributed by atoms with Crippen LogP contribution in [-0.2, 0) is 14.8 Å². The summed E-state index contributed by atoms with van der Waals surface area (Å²) in [6.07, 6.45) is 0.987. The fraction of sp³-hybridized carbons (Fsp3) is 0.857. The molecule has 1 unspecified atom stereocenters. The van der Waals surface area contributed by atoms with E-state index in [1.54, 1.807) is 11.9 Å². The molecular weight excluding hydrogens is 272 g/mol. The van der Waals surface area contributed by atoms with Gasteiger partial charge in [0.25, 0.3) is 0 Å². The summed E-state index contributed by atoms with van der Waals surface area (Å²) in [5.74, 6) is 0.0688. The summed E-state index contributed by atoms with van der Waals surface area (Å²) in [7, 11) is -1.55. The van der Waals surface area contributed by atoms with Crippen LogP contribution in [0.25, 0.3) is 0 Å². The number of carbonyl (C=O) groups is 1. The summed E-state index contributed by atoms with van der Waals surface area (Å²) in [5, 5.41) is 0. The SMILES string of the molecule is CN1CC(NS(=O)(=O)CBr)CCC1=O. The number of sulfonamides is 1. The van der Waals surface area contributed by atoms with E-state index >= 15 is 0 Å². The van der Waals surface area contributed by atoms with Crippen LogP contribution in [0, 0.1) is 0 Å². The van der Waals surface area contributed by atoms with Gasteiger partial charge < -0.3 is 4.90 Å². The quantitative estimate of drug-likeness (QED) is 0.735. The van der Waals surface area contributed by atoms with Gasteiger partial charge in [-0.2, -0.15) is 0 Å². The van der Waals surface area contributed by atoms with E-state index in [1.165, 1.54) is 0 Å². The maximum Gasteiger partial charge on any atom is 0.222 e. The predicted octanol–water partition coefficient (Wildman–Crippen LogP) is -0.121. The molecule has 14 heavy (non-hydrogen) atoms. The highest BCUT2D eigenvalue weighted by molar-refractivity contribution is 9.10. The zero-order valence-electron chi connectivity index (χ0n) is 7.86. The molecule has 1 heterocycles. The Morgan fingerprint density at radius 3 is 2.79 bits per heavy atom. The van der Waals surface area contributed by atoms with Crippen LogP contribution in [0.4, 0.5) is 0 Å². The third kappa shape index (κ3) is 3.21. The van der Waals surface area contributed by atoms with E-state index < -0.39 is 10.0 Å². The van der Waals surface area contributed by atoms with E-state index in [0.717, 1.165) is 0 Å². The molecule has 0 radical (unpaired) electrons. The predicted molar refractivity (Wildman–Crippen MR) is 56.5 cm³/mol. The lowest BCUT2D eigenvalue weighted by Gasteiger charge is -2.29. The van der Waals surface area contributed by atoms with Crippen molar-refractivity contribution in [1.29, 1.82) is 0 Å². The Morgan fingerprint density at radius 2 is 2.29 bits per heavy atom. The van der Waals surface area contributed by atoms with Crippen LogP contribution in [0.5, 0.6) is 0 Å². The molecule has 0 bridgehead atoms. The fourth-order valence-electron chi connectivity index (χ4n) is 1.39. The Kier molecular flexibility index (Phi) is 3.91. The average molecular weight is 285 g/mol. The van der Waals surface area contributed by atoms with Gasteiger partial charge in [-0.15, -0.1) is 0 Å². The number of alkyl halides is 1. The lowest BCUT2D eigenvalue weighted by Crippen LogP contribution is -2.48. The summed E-state index contributed by atoms with van der Waals surface area (Å²) in [6.45, 7) is 0.449. The second-order valence-corrected chi connectivity index (χ2v) is 6.41. The number of amides is 1. The monoisotopic (exact) mass is 284 g/mol. The third-order valence-electron chi connectivity index (χ3n) is 2.12. The molecule has 1 aliphatic rings. The van der Waals surface area contributed by atoms with Gasteiger partial charge in [0.1, 0.15) is 4.66 Å². The first-order valence-corrected chi connectivity index (χ1v) is 7.02. The van der Waals surface area contributed by atoms with Crippen LogP contribution >= 0.6 is 15.9 Å². The first-order chi connectivity index (χ1) is 6.44. The molecule has 7 heteroatoms. The van der Waals surface area contributed by atoms with E-state index in [0.29, 0.717) is 19.4 Å². The van der Waals surface area contributed by atoms with E-state index in [9.17, 15) is 13.2 Å². The number of rotatable bonds is 3. The van der Waals surface area contributed by atoms with Gasteiger partial charge in [0.05, 0.1) is 0 Å². The molecule has 0 aromatic rings. The number of hydrogen-bond donors (Lipinski definition) is 1. The van der Waals surface area contributed by atoms with Crippen LogP contribution in [-0.4, -0.2) is 43.5 Å². The van der Waals surface area contributed by atoms with Crippen LogP contribution in [0.15, 0.2) is 0 Å². The third-order valence-corrected chi connectivity index (χ3v) is 4.90. The number of nitrogens with zero attached hydrogens (tertiary/aromatic N) is 1. The lowest BCUT2D eigenvalue weighted by atomic mass is 10.1. The summed E-state index contributed by atoms with van der Waals surface area (Å²) in [4.78, 5) is 12.7. The van der Waals surface area contributed by atoms with Gasteiger partial charge >= 0.3 is 0 Å². The molecule has 0 spiro atoms. The first-order valence-electron chi connectivity index (χ1n) is 4.24. The maximum absolute atomic E-state index is 11.2.